The molecular formula is C6H7N5O2. The lowest BCUT2D eigenvalue weighted by molar-refractivity contribution is 0.394. The lowest BCUT2D eigenvalue weighted by atomic mass is 10.4. The largest absolute Gasteiger partial charge is 0.383 e. The fraction of sp³-hybridized carbons (Fsp3) is 0.167. The van der Waals surface area contributed by atoms with Crippen molar-refractivity contribution in [1.29, 1.82) is 0 Å². The number of hydrogen-bond acceptors (Lipinski definition) is 5. The van der Waals surface area contributed by atoms with Crippen molar-refractivity contribution in [2.45, 2.75) is 6.92 Å². The van der Waals surface area contributed by atoms with Crippen LogP contribution in [0.4, 0.5) is 5.82 Å². The molecule has 0 aliphatic carbocycles. The number of anilines is 1. The van der Waals surface area contributed by atoms with Crippen molar-refractivity contribution >= 4 is 5.82 Å². The molecule has 0 bridgehead atoms. The normalized spacial score (nSPS) is 10.5. The molecule has 13 heavy (non-hydrogen) atoms. The van der Waals surface area contributed by atoms with Crippen molar-refractivity contribution in [3.05, 3.63) is 16.4 Å². The lowest BCUT2D eigenvalue weighted by Crippen LogP contribution is -2.00. The van der Waals surface area contributed by atoms with Gasteiger partial charge in [0.05, 0.1) is 0 Å². The number of hydrogen-bond donors (Lipinski definition) is 3. The van der Waals surface area contributed by atoms with Gasteiger partial charge in [0.2, 0.25) is 11.7 Å². The lowest BCUT2D eigenvalue weighted by Gasteiger charge is -1.87. The Labute approximate surface area is 72.0 Å². The second-order valence-electron chi connectivity index (χ2n) is 2.50. The van der Waals surface area contributed by atoms with Gasteiger partial charge < -0.3 is 15.2 Å². The zero-order chi connectivity index (χ0) is 9.42. The predicted octanol–water partition coefficient (Wildman–Crippen LogP) is -0.356. The molecule has 68 valence electrons. The summed E-state index contributed by atoms with van der Waals surface area (Å²) in [5, 5.41) is 3.60. The Hall–Kier alpha value is -2.05. The van der Waals surface area contributed by atoms with Crippen LogP contribution < -0.4 is 11.4 Å². The summed E-state index contributed by atoms with van der Waals surface area (Å²) in [7, 11) is 0. The average Bonchev–Trinajstić information content (AvgIpc) is 2.58. The van der Waals surface area contributed by atoms with E-state index < -0.39 is 5.69 Å². The highest BCUT2D eigenvalue weighted by atomic mass is 16.5. The number of nitrogens with two attached hydrogens (primary N) is 1. The number of aryl methyl sites for hydroxylation is 1. The number of nitrogens with zero attached hydrogens (tertiary/aromatic N) is 2. The van der Waals surface area contributed by atoms with Crippen molar-refractivity contribution in [2.75, 3.05) is 5.73 Å². The van der Waals surface area contributed by atoms with E-state index in [4.69, 9.17) is 10.3 Å². The van der Waals surface area contributed by atoms with Crippen molar-refractivity contribution in [1.82, 2.24) is 20.1 Å². The number of imidazole rings is 1. The molecule has 0 spiro atoms. The van der Waals surface area contributed by atoms with Crippen molar-refractivity contribution < 1.29 is 4.52 Å². The van der Waals surface area contributed by atoms with Gasteiger partial charge in [0.15, 0.2) is 0 Å². The first-order valence-electron chi connectivity index (χ1n) is 3.55. The van der Waals surface area contributed by atoms with E-state index in [1.807, 2.05) is 0 Å². The number of aromatic nitrogens is 4. The number of nitrogens with one attached hydrogen (secondary N) is 2. The molecule has 2 aromatic heterocycles. The minimum absolute atomic E-state index is 0.200. The van der Waals surface area contributed by atoms with Crippen LogP contribution in [0, 0.1) is 6.92 Å². The molecular weight excluding hydrogens is 174 g/mol. The van der Waals surface area contributed by atoms with Crippen LogP contribution in [-0.2, 0) is 0 Å². The summed E-state index contributed by atoms with van der Waals surface area (Å²) in [4.78, 5) is 19.5. The molecule has 0 aliphatic rings. The summed E-state index contributed by atoms with van der Waals surface area (Å²) in [6.45, 7) is 1.65. The molecule has 0 saturated carbocycles. The van der Waals surface area contributed by atoms with E-state index in [1.54, 1.807) is 6.92 Å². The Morgan fingerprint density at radius 2 is 2.23 bits per heavy atom. The van der Waals surface area contributed by atoms with Crippen LogP contribution in [0.2, 0.25) is 0 Å². The number of aromatic amines is 2. The molecule has 0 unspecified atom stereocenters. The highest BCUT2D eigenvalue weighted by Crippen LogP contribution is 2.15. The van der Waals surface area contributed by atoms with Gasteiger partial charge in [0.1, 0.15) is 11.5 Å². The van der Waals surface area contributed by atoms with E-state index in [1.165, 1.54) is 0 Å². The van der Waals surface area contributed by atoms with Gasteiger partial charge in [0, 0.05) is 6.92 Å². The van der Waals surface area contributed by atoms with Crippen molar-refractivity contribution in [3.8, 4) is 11.5 Å². The van der Waals surface area contributed by atoms with Crippen LogP contribution in [0.1, 0.15) is 5.89 Å². The third-order valence-electron chi connectivity index (χ3n) is 1.51. The van der Waals surface area contributed by atoms with Crippen LogP contribution in [-0.4, -0.2) is 20.1 Å². The summed E-state index contributed by atoms with van der Waals surface area (Å²) < 4.78 is 4.73. The quantitative estimate of drug-likeness (QED) is 0.556. The van der Waals surface area contributed by atoms with Gasteiger partial charge in [0.25, 0.3) is 0 Å². The molecule has 0 aromatic carbocycles. The Morgan fingerprint density at radius 1 is 1.46 bits per heavy atom. The predicted molar refractivity (Wildman–Crippen MR) is 43.9 cm³/mol. The maximum atomic E-state index is 10.8. The Bertz CT molecular complexity index is 479. The second kappa shape index (κ2) is 2.47. The third kappa shape index (κ3) is 1.19. The van der Waals surface area contributed by atoms with Gasteiger partial charge in [-0.25, -0.2) is 4.79 Å². The molecule has 0 radical (unpaired) electrons. The maximum Gasteiger partial charge on any atom is 0.325 e. The summed E-state index contributed by atoms with van der Waals surface area (Å²) in [5.41, 5.74) is 5.43. The molecule has 2 heterocycles. The molecule has 0 atom stereocenters. The van der Waals surface area contributed by atoms with E-state index >= 15 is 0 Å². The van der Waals surface area contributed by atoms with Gasteiger partial charge in [-0.15, -0.1) is 0 Å². The number of rotatable bonds is 1. The summed E-state index contributed by atoms with van der Waals surface area (Å²) in [5.74, 6) is 0.885. The Kier molecular flexibility index (Phi) is 1.44. The average molecular weight is 181 g/mol. The Balaban J connectivity index is 2.58. The molecule has 2 aromatic rings. The minimum Gasteiger partial charge on any atom is -0.383 e. The molecule has 2 rings (SSSR count). The van der Waals surface area contributed by atoms with Gasteiger partial charge in [-0.05, 0) is 0 Å². The van der Waals surface area contributed by atoms with Crippen LogP contribution in [0.25, 0.3) is 11.5 Å². The van der Waals surface area contributed by atoms with E-state index in [0.29, 0.717) is 11.6 Å². The van der Waals surface area contributed by atoms with Gasteiger partial charge >= 0.3 is 5.69 Å². The molecule has 0 fully saturated rings. The van der Waals surface area contributed by atoms with Crippen LogP contribution in [0.5, 0.6) is 0 Å². The summed E-state index contributed by atoms with van der Waals surface area (Å²) in [6, 6.07) is 0. The van der Waals surface area contributed by atoms with Crippen LogP contribution in [0.15, 0.2) is 9.32 Å². The maximum absolute atomic E-state index is 10.8. The van der Waals surface area contributed by atoms with E-state index in [0.717, 1.165) is 0 Å². The summed E-state index contributed by atoms with van der Waals surface area (Å²) in [6.07, 6.45) is 0. The van der Waals surface area contributed by atoms with E-state index in [-0.39, 0.29) is 11.6 Å². The minimum atomic E-state index is -0.394. The van der Waals surface area contributed by atoms with E-state index in [2.05, 4.69) is 20.1 Å². The number of H-pyrrole nitrogens is 2. The van der Waals surface area contributed by atoms with E-state index in [9.17, 15) is 4.79 Å². The fourth-order valence-corrected chi connectivity index (χ4v) is 0.974. The van der Waals surface area contributed by atoms with Crippen LogP contribution in [0.3, 0.4) is 0 Å². The Morgan fingerprint density at radius 3 is 2.69 bits per heavy atom. The van der Waals surface area contributed by atoms with Gasteiger partial charge in [-0.3, -0.25) is 4.98 Å². The third-order valence-corrected chi connectivity index (χ3v) is 1.51. The second-order valence-corrected chi connectivity index (χ2v) is 2.50. The fourth-order valence-electron chi connectivity index (χ4n) is 0.974. The molecule has 7 heteroatoms. The molecule has 0 saturated heterocycles. The molecule has 0 amide bonds. The van der Waals surface area contributed by atoms with Crippen molar-refractivity contribution in [3.63, 3.8) is 0 Å². The van der Waals surface area contributed by atoms with Crippen LogP contribution >= 0.6 is 0 Å². The SMILES string of the molecule is Cc1nc(-c2[nH]c(=O)[nH]c2N)no1. The summed E-state index contributed by atoms with van der Waals surface area (Å²) >= 11 is 0. The highest BCUT2D eigenvalue weighted by Gasteiger charge is 2.11. The molecule has 7 nitrogen and oxygen atoms in total. The molecule has 4 N–H and O–H groups in total. The first-order valence-corrected chi connectivity index (χ1v) is 3.55. The monoisotopic (exact) mass is 181 g/mol. The zero-order valence-corrected chi connectivity index (χ0v) is 6.79. The molecule has 0 aliphatic heterocycles. The zero-order valence-electron chi connectivity index (χ0n) is 6.79. The highest BCUT2D eigenvalue weighted by molar-refractivity contribution is 5.62. The van der Waals surface area contributed by atoms with Gasteiger partial charge in [-0.2, -0.15) is 4.98 Å². The first-order chi connectivity index (χ1) is 6.16. The first kappa shape index (κ1) is 7.59. The standard InChI is InChI=1S/C6H7N5O2/c1-2-8-5(11-13-2)3-4(7)10-6(12)9-3/h7H2,1H3,(H2,9,10,12). The number of nitrogen functional groups attached to an aromatic ring is 1. The van der Waals surface area contributed by atoms with Crippen molar-refractivity contribution in [2.24, 2.45) is 0 Å². The smallest absolute Gasteiger partial charge is 0.325 e. The topological polar surface area (TPSA) is 114 Å². The van der Waals surface area contributed by atoms with Gasteiger partial charge in [-0.1, -0.05) is 5.16 Å².